The Hall–Kier alpha value is -2.11. The van der Waals surface area contributed by atoms with Gasteiger partial charge < -0.3 is 9.13 Å². The molecule has 0 N–H and O–H groups in total. The van der Waals surface area contributed by atoms with Gasteiger partial charge >= 0.3 is 5.69 Å². The lowest BCUT2D eigenvalue weighted by molar-refractivity contribution is 0.513. The van der Waals surface area contributed by atoms with Crippen LogP contribution in [0.3, 0.4) is 0 Å². The molecule has 0 spiro atoms. The Balaban J connectivity index is 2.26. The molecular weight excluding hydrogens is 220 g/mol. The highest BCUT2D eigenvalue weighted by Crippen LogP contribution is 1.87. The van der Waals surface area contributed by atoms with Gasteiger partial charge in [-0.25, -0.2) is 9.78 Å². The summed E-state index contributed by atoms with van der Waals surface area (Å²) in [5, 5.41) is 0. The van der Waals surface area contributed by atoms with Crippen molar-refractivity contribution in [1.29, 1.82) is 0 Å². The van der Waals surface area contributed by atoms with Gasteiger partial charge in [-0.2, -0.15) is 0 Å². The topological polar surface area (TPSA) is 61.8 Å². The lowest BCUT2D eigenvalue weighted by Gasteiger charge is -2.08. The molecular formula is C11H14N4O2. The van der Waals surface area contributed by atoms with Gasteiger partial charge in [-0.3, -0.25) is 9.36 Å². The van der Waals surface area contributed by atoms with E-state index < -0.39 is 0 Å². The average Bonchev–Trinajstić information content (AvgIpc) is 2.82. The highest BCUT2D eigenvalue weighted by atomic mass is 16.2. The fraction of sp³-hybridized carbons (Fsp3) is 0.364. The predicted molar refractivity (Wildman–Crippen MR) is 62.9 cm³/mol. The van der Waals surface area contributed by atoms with Gasteiger partial charge in [0.15, 0.2) is 0 Å². The summed E-state index contributed by atoms with van der Waals surface area (Å²) >= 11 is 0. The number of rotatable bonds is 4. The van der Waals surface area contributed by atoms with Crippen LogP contribution < -0.4 is 11.2 Å². The molecule has 0 aromatic carbocycles. The number of hydrogen-bond acceptors (Lipinski definition) is 3. The first-order chi connectivity index (χ1) is 8.22. The summed E-state index contributed by atoms with van der Waals surface area (Å²) in [6.45, 7) is 3.34. The largest absolute Gasteiger partial charge is 0.336 e. The molecule has 0 radical (unpaired) electrons. The molecule has 17 heavy (non-hydrogen) atoms. The molecule has 0 fully saturated rings. The van der Waals surface area contributed by atoms with Gasteiger partial charge in [-0.1, -0.05) is 0 Å². The summed E-state index contributed by atoms with van der Waals surface area (Å²) in [6, 6.07) is 1.42. The van der Waals surface area contributed by atoms with E-state index in [4.69, 9.17) is 0 Å². The van der Waals surface area contributed by atoms with Crippen LogP contribution in [0.1, 0.15) is 6.92 Å². The van der Waals surface area contributed by atoms with Crippen LogP contribution in [-0.2, 0) is 19.6 Å². The molecule has 2 rings (SSSR count). The number of hydrogen-bond donors (Lipinski definition) is 0. The van der Waals surface area contributed by atoms with Crippen molar-refractivity contribution >= 4 is 0 Å². The second-order valence-electron chi connectivity index (χ2n) is 3.67. The molecule has 90 valence electrons. The summed E-state index contributed by atoms with van der Waals surface area (Å²) in [6.07, 6.45) is 6.65. The van der Waals surface area contributed by atoms with Crippen LogP contribution in [0.5, 0.6) is 0 Å². The van der Waals surface area contributed by atoms with E-state index in [0.29, 0.717) is 19.6 Å². The molecule has 6 heteroatoms. The van der Waals surface area contributed by atoms with E-state index in [1.807, 2.05) is 11.5 Å². The van der Waals surface area contributed by atoms with E-state index in [2.05, 4.69) is 4.98 Å². The maximum absolute atomic E-state index is 11.9. The maximum Gasteiger partial charge on any atom is 0.331 e. The Morgan fingerprint density at radius 1 is 1.24 bits per heavy atom. The van der Waals surface area contributed by atoms with E-state index >= 15 is 0 Å². The van der Waals surface area contributed by atoms with E-state index in [1.54, 1.807) is 18.7 Å². The average molecular weight is 234 g/mol. The summed E-state index contributed by atoms with van der Waals surface area (Å²) in [7, 11) is 0. The summed E-state index contributed by atoms with van der Waals surface area (Å²) in [5.74, 6) is 0. The van der Waals surface area contributed by atoms with Crippen LogP contribution >= 0.6 is 0 Å². The van der Waals surface area contributed by atoms with Crippen LogP contribution in [0.25, 0.3) is 0 Å². The van der Waals surface area contributed by atoms with Gasteiger partial charge in [0.25, 0.3) is 5.56 Å². The van der Waals surface area contributed by atoms with Crippen LogP contribution in [0.15, 0.2) is 40.6 Å². The summed E-state index contributed by atoms with van der Waals surface area (Å²) < 4.78 is 4.58. The second kappa shape index (κ2) is 4.82. The minimum absolute atomic E-state index is 0.264. The van der Waals surface area contributed by atoms with Gasteiger partial charge in [0, 0.05) is 44.3 Å². The Morgan fingerprint density at radius 2 is 2.06 bits per heavy atom. The van der Waals surface area contributed by atoms with Gasteiger partial charge in [0.2, 0.25) is 0 Å². The minimum Gasteiger partial charge on any atom is -0.336 e. The first-order valence-electron chi connectivity index (χ1n) is 5.48. The maximum atomic E-state index is 11.9. The second-order valence-corrected chi connectivity index (χ2v) is 3.67. The first-order valence-corrected chi connectivity index (χ1v) is 5.48. The van der Waals surface area contributed by atoms with Crippen molar-refractivity contribution in [3.63, 3.8) is 0 Å². The molecule has 0 aliphatic rings. The first kappa shape index (κ1) is 11.4. The van der Waals surface area contributed by atoms with Crippen LogP contribution in [0, 0.1) is 0 Å². The van der Waals surface area contributed by atoms with Crippen LogP contribution in [-0.4, -0.2) is 18.7 Å². The third-order valence-electron chi connectivity index (χ3n) is 2.62. The zero-order valence-electron chi connectivity index (χ0n) is 9.61. The van der Waals surface area contributed by atoms with Crippen molar-refractivity contribution in [2.75, 3.05) is 0 Å². The molecule has 0 amide bonds. The van der Waals surface area contributed by atoms with Crippen LogP contribution in [0.2, 0.25) is 0 Å². The van der Waals surface area contributed by atoms with E-state index in [0.717, 1.165) is 0 Å². The number of aryl methyl sites for hydroxylation is 2. The van der Waals surface area contributed by atoms with Crippen molar-refractivity contribution < 1.29 is 0 Å². The highest BCUT2D eigenvalue weighted by molar-refractivity contribution is 4.86. The Kier molecular flexibility index (Phi) is 3.22. The number of nitrogens with zero attached hydrogens (tertiary/aromatic N) is 4. The Bertz CT molecular complexity index is 595. The van der Waals surface area contributed by atoms with E-state index in [9.17, 15) is 9.59 Å². The van der Waals surface area contributed by atoms with Gasteiger partial charge in [0.05, 0.1) is 6.33 Å². The van der Waals surface area contributed by atoms with Crippen molar-refractivity contribution in [3.8, 4) is 0 Å². The third-order valence-corrected chi connectivity index (χ3v) is 2.62. The molecule has 0 bridgehead atoms. The van der Waals surface area contributed by atoms with Gasteiger partial charge in [-0.15, -0.1) is 0 Å². The molecule has 2 aromatic heterocycles. The molecule has 0 saturated carbocycles. The van der Waals surface area contributed by atoms with Crippen molar-refractivity contribution in [3.05, 3.63) is 51.8 Å². The van der Waals surface area contributed by atoms with Gasteiger partial charge in [-0.05, 0) is 6.92 Å². The summed E-state index contributed by atoms with van der Waals surface area (Å²) in [5.41, 5.74) is -0.528. The van der Waals surface area contributed by atoms with E-state index in [-0.39, 0.29) is 11.2 Å². The van der Waals surface area contributed by atoms with Crippen molar-refractivity contribution in [2.24, 2.45) is 0 Å². The molecule has 0 atom stereocenters. The molecule has 0 unspecified atom stereocenters. The summed E-state index contributed by atoms with van der Waals surface area (Å²) in [4.78, 5) is 27.4. The lowest BCUT2D eigenvalue weighted by Crippen LogP contribution is -2.39. The molecule has 0 aliphatic carbocycles. The zero-order chi connectivity index (χ0) is 12.3. The molecule has 0 saturated heterocycles. The molecule has 0 aliphatic heterocycles. The number of imidazole rings is 1. The standard InChI is InChI=1S/C11H14N4O2/c1-2-14-5-3-10(16)15(11(14)17)8-7-13-6-4-12-9-13/h3-6,9H,2,7-8H2,1H3. The molecule has 2 heterocycles. The fourth-order valence-corrected chi connectivity index (χ4v) is 1.64. The smallest absolute Gasteiger partial charge is 0.331 e. The third kappa shape index (κ3) is 2.35. The monoisotopic (exact) mass is 234 g/mol. The quantitative estimate of drug-likeness (QED) is 0.743. The zero-order valence-corrected chi connectivity index (χ0v) is 9.61. The lowest BCUT2D eigenvalue weighted by atomic mass is 10.5. The molecule has 2 aromatic rings. The normalized spacial score (nSPS) is 10.6. The van der Waals surface area contributed by atoms with E-state index in [1.165, 1.54) is 21.4 Å². The highest BCUT2D eigenvalue weighted by Gasteiger charge is 2.03. The molecule has 6 nitrogen and oxygen atoms in total. The number of aromatic nitrogens is 4. The predicted octanol–water partition coefficient (Wildman–Crippen LogP) is -0.0734. The van der Waals surface area contributed by atoms with Crippen LogP contribution in [0.4, 0.5) is 0 Å². The van der Waals surface area contributed by atoms with Crippen molar-refractivity contribution in [1.82, 2.24) is 18.7 Å². The fourth-order valence-electron chi connectivity index (χ4n) is 1.64. The minimum atomic E-state index is -0.264. The van der Waals surface area contributed by atoms with Crippen molar-refractivity contribution in [2.45, 2.75) is 26.6 Å². The Morgan fingerprint density at radius 3 is 2.71 bits per heavy atom. The van der Waals surface area contributed by atoms with Gasteiger partial charge in [0.1, 0.15) is 0 Å². The SMILES string of the molecule is CCn1ccc(=O)n(CCn2ccnc2)c1=O. The Labute approximate surface area is 97.8 Å².